The second kappa shape index (κ2) is 13.8. The zero-order valence-corrected chi connectivity index (χ0v) is 30.8. The fourth-order valence-electron chi connectivity index (χ4n) is 8.80. The van der Waals surface area contributed by atoms with Gasteiger partial charge in [-0.2, -0.15) is 9.97 Å². The summed E-state index contributed by atoms with van der Waals surface area (Å²) in [6.07, 6.45) is 9.56. The van der Waals surface area contributed by atoms with E-state index in [1.165, 1.54) is 19.4 Å². The van der Waals surface area contributed by atoms with Crippen LogP contribution in [0.25, 0.3) is 32.9 Å². The first-order chi connectivity index (χ1) is 25.9. The summed E-state index contributed by atoms with van der Waals surface area (Å²) in [5.74, 6) is 1.73. The lowest BCUT2D eigenvalue weighted by atomic mass is 9.95. The Labute approximate surface area is 311 Å². The van der Waals surface area contributed by atoms with E-state index < -0.39 is 28.9 Å². The summed E-state index contributed by atoms with van der Waals surface area (Å²) >= 11 is 0. The van der Waals surface area contributed by atoms with Crippen molar-refractivity contribution in [1.29, 1.82) is 0 Å². The standard InChI is InChI=1S/C40H43F3N6O5/c1-6-28-31(42)11-8-23-14-27(53-22-51-5)15-29(32(23)28)34-33(43)35-30(17-44-34)36(46-37(45-35)52-21-40-12-7-13-48(40)18-24(41)16-40)47-19-25-9-10-26(20-47)49(25)38(50)54-39(2,3)4/h1,8,11,14-15,17,24-26H,7,9-10,12-13,16,18-22H2,2-5H3/t24-,25-,26-,40+/m0/s1. The SMILES string of the molecule is C#Cc1c(F)ccc2cc(OCOC)cc(-c3ncc4c(N5C[C@@H]6CC[C@@H](C5)N6C(=O)OC(C)(C)C)nc(OC[C@]56CCCN5C[C@@H](F)C6)nc4c3F)c12. The van der Waals surface area contributed by atoms with Crippen LogP contribution in [0.3, 0.4) is 0 Å². The van der Waals surface area contributed by atoms with Gasteiger partial charge in [-0.05, 0) is 76.6 Å². The Kier molecular flexibility index (Phi) is 9.21. The monoisotopic (exact) mass is 744 g/mol. The summed E-state index contributed by atoms with van der Waals surface area (Å²) in [6.45, 7) is 7.55. The van der Waals surface area contributed by atoms with Gasteiger partial charge in [0, 0.05) is 50.3 Å². The van der Waals surface area contributed by atoms with Crippen molar-refractivity contribution in [1.82, 2.24) is 24.8 Å². The zero-order chi connectivity index (χ0) is 37.9. The van der Waals surface area contributed by atoms with Gasteiger partial charge >= 0.3 is 12.1 Å². The number of hydrogen-bond donors (Lipinski definition) is 0. The summed E-state index contributed by atoms with van der Waals surface area (Å²) < 4.78 is 69.9. The van der Waals surface area contributed by atoms with E-state index in [0.29, 0.717) is 48.4 Å². The number of amides is 1. The number of methoxy groups -OCH3 is 1. The Morgan fingerprint density at radius 2 is 1.87 bits per heavy atom. The Hall–Kier alpha value is -4.87. The van der Waals surface area contributed by atoms with Crippen LogP contribution in [0.4, 0.5) is 23.8 Å². The third-order valence-corrected chi connectivity index (χ3v) is 11.0. The number of nitrogens with zero attached hydrogens (tertiary/aromatic N) is 6. The van der Waals surface area contributed by atoms with Crippen LogP contribution in [0.2, 0.25) is 0 Å². The minimum atomic E-state index is -0.957. The molecule has 8 rings (SSSR count). The van der Waals surface area contributed by atoms with Crippen molar-refractivity contribution >= 4 is 33.6 Å². The van der Waals surface area contributed by atoms with Crippen LogP contribution in [-0.4, -0.2) is 107 Å². The molecule has 2 bridgehead atoms. The van der Waals surface area contributed by atoms with E-state index in [-0.39, 0.29) is 65.3 Å². The summed E-state index contributed by atoms with van der Waals surface area (Å²) in [5.41, 5.74) is -1.16. The van der Waals surface area contributed by atoms with Crippen molar-refractivity contribution in [2.75, 3.05) is 51.6 Å². The number of fused-ring (bicyclic) bond motifs is 5. The van der Waals surface area contributed by atoms with Gasteiger partial charge in [-0.3, -0.25) is 14.8 Å². The Balaban J connectivity index is 1.24. The Morgan fingerprint density at radius 3 is 2.59 bits per heavy atom. The molecule has 4 saturated heterocycles. The maximum atomic E-state index is 17.3. The van der Waals surface area contributed by atoms with Crippen molar-refractivity contribution in [3.05, 3.63) is 47.7 Å². The molecule has 6 heterocycles. The Bertz CT molecular complexity index is 2160. The summed E-state index contributed by atoms with van der Waals surface area (Å²) in [5, 5.41) is 1.14. The summed E-state index contributed by atoms with van der Waals surface area (Å²) in [6, 6.07) is 5.64. The first kappa shape index (κ1) is 36.1. The van der Waals surface area contributed by atoms with Crippen molar-refractivity contribution in [3.8, 4) is 35.4 Å². The molecule has 0 radical (unpaired) electrons. The van der Waals surface area contributed by atoms with Gasteiger partial charge in [0.05, 0.1) is 28.6 Å². The average molecular weight is 745 g/mol. The van der Waals surface area contributed by atoms with Gasteiger partial charge in [0.15, 0.2) is 12.6 Å². The fraction of sp³-hybridized carbons (Fsp3) is 0.500. The number of rotatable bonds is 8. The van der Waals surface area contributed by atoms with Crippen molar-refractivity contribution in [2.24, 2.45) is 0 Å². The quantitative estimate of drug-likeness (QED) is 0.144. The lowest BCUT2D eigenvalue weighted by molar-refractivity contribution is 0.0122. The second-order valence-electron chi connectivity index (χ2n) is 15.7. The van der Waals surface area contributed by atoms with Crippen molar-refractivity contribution in [2.45, 2.75) is 82.3 Å². The molecular formula is C40H43F3N6O5. The predicted octanol–water partition coefficient (Wildman–Crippen LogP) is 6.63. The van der Waals surface area contributed by atoms with Crippen LogP contribution in [0.5, 0.6) is 11.8 Å². The molecular weight excluding hydrogens is 701 g/mol. The highest BCUT2D eigenvalue weighted by Gasteiger charge is 2.50. The number of benzene rings is 2. The highest BCUT2D eigenvalue weighted by Crippen LogP contribution is 2.43. The first-order valence-electron chi connectivity index (χ1n) is 18.4. The minimum Gasteiger partial charge on any atom is -0.468 e. The van der Waals surface area contributed by atoms with Gasteiger partial charge in [-0.15, -0.1) is 6.42 Å². The first-order valence-corrected chi connectivity index (χ1v) is 18.4. The molecule has 4 aliphatic rings. The summed E-state index contributed by atoms with van der Waals surface area (Å²) in [7, 11) is 1.48. The molecule has 14 heteroatoms. The number of piperazine rings is 1. The molecule has 2 aromatic heterocycles. The van der Waals surface area contributed by atoms with E-state index in [2.05, 4.69) is 20.8 Å². The molecule has 0 unspecified atom stereocenters. The number of pyridine rings is 1. The normalized spacial score (nSPS) is 23.9. The summed E-state index contributed by atoms with van der Waals surface area (Å²) in [4.78, 5) is 33.3. The van der Waals surface area contributed by atoms with Gasteiger partial charge < -0.3 is 23.8 Å². The van der Waals surface area contributed by atoms with Crippen LogP contribution in [-0.2, 0) is 9.47 Å². The molecule has 4 atom stereocenters. The van der Waals surface area contributed by atoms with Gasteiger partial charge in [0.2, 0.25) is 0 Å². The zero-order valence-electron chi connectivity index (χ0n) is 30.8. The lowest BCUT2D eigenvalue weighted by Crippen LogP contribution is -2.57. The smallest absolute Gasteiger partial charge is 0.410 e. The minimum absolute atomic E-state index is 0.0454. The van der Waals surface area contributed by atoms with Gasteiger partial charge in [-0.1, -0.05) is 12.0 Å². The molecule has 0 saturated carbocycles. The third-order valence-electron chi connectivity index (χ3n) is 11.0. The molecule has 4 aliphatic heterocycles. The van der Waals surface area contributed by atoms with Crippen molar-refractivity contribution in [3.63, 3.8) is 0 Å². The molecule has 0 aliphatic carbocycles. The molecule has 4 aromatic rings. The lowest BCUT2D eigenvalue weighted by Gasteiger charge is -2.42. The van der Waals surface area contributed by atoms with Crippen LogP contribution < -0.4 is 14.4 Å². The van der Waals surface area contributed by atoms with E-state index in [0.717, 1.165) is 32.2 Å². The predicted molar refractivity (Wildman–Crippen MR) is 196 cm³/mol. The highest BCUT2D eigenvalue weighted by molar-refractivity contribution is 6.03. The molecule has 54 heavy (non-hydrogen) atoms. The number of anilines is 1. The number of hydrogen-bond acceptors (Lipinski definition) is 10. The molecule has 0 N–H and O–H groups in total. The second-order valence-corrected chi connectivity index (χ2v) is 15.7. The van der Waals surface area contributed by atoms with Crippen LogP contribution in [0, 0.1) is 24.0 Å². The van der Waals surface area contributed by atoms with Crippen molar-refractivity contribution < 1.29 is 36.9 Å². The maximum absolute atomic E-state index is 17.3. The molecule has 1 amide bonds. The van der Waals surface area contributed by atoms with E-state index in [1.54, 1.807) is 18.2 Å². The number of terminal acetylenes is 1. The van der Waals surface area contributed by atoms with Gasteiger partial charge in [0.1, 0.15) is 47.0 Å². The Morgan fingerprint density at radius 1 is 1.09 bits per heavy atom. The number of carbonyl (C=O) groups excluding carboxylic acids is 1. The average Bonchev–Trinajstić information content (AvgIpc) is 3.75. The maximum Gasteiger partial charge on any atom is 0.410 e. The number of aromatic nitrogens is 3. The van der Waals surface area contributed by atoms with E-state index in [9.17, 15) is 9.18 Å². The molecule has 0 spiro atoms. The third kappa shape index (κ3) is 6.41. The highest BCUT2D eigenvalue weighted by atomic mass is 19.1. The van der Waals surface area contributed by atoms with E-state index in [1.807, 2.05) is 30.6 Å². The van der Waals surface area contributed by atoms with E-state index >= 15 is 8.78 Å². The molecule has 284 valence electrons. The number of alkyl halides is 1. The largest absolute Gasteiger partial charge is 0.468 e. The molecule has 2 aromatic carbocycles. The fourth-order valence-corrected chi connectivity index (χ4v) is 8.80. The van der Waals surface area contributed by atoms with Crippen LogP contribution >= 0.6 is 0 Å². The number of ether oxygens (including phenoxy) is 4. The van der Waals surface area contributed by atoms with Crippen LogP contribution in [0.15, 0.2) is 30.5 Å². The van der Waals surface area contributed by atoms with Gasteiger partial charge in [0.25, 0.3) is 0 Å². The van der Waals surface area contributed by atoms with Gasteiger partial charge in [-0.25, -0.2) is 18.0 Å². The molecule has 11 nitrogen and oxygen atoms in total. The topological polar surface area (TPSA) is 102 Å². The number of halogens is 3. The van der Waals surface area contributed by atoms with Crippen LogP contribution in [0.1, 0.15) is 58.4 Å². The number of carbonyl (C=O) groups is 1. The van der Waals surface area contributed by atoms with E-state index in [4.69, 9.17) is 30.4 Å². The molecule has 4 fully saturated rings.